The summed E-state index contributed by atoms with van der Waals surface area (Å²) in [4.78, 5) is 19.9. The second-order valence-electron chi connectivity index (χ2n) is 6.74. The van der Waals surface area contributed by atoms with E-state index >= 15 is 0 Å². The van der Waals surface area contributed by atoms with Crippen molar-refractivity contribution in [2.75, 3.05) is 44.0 Å². The Morgan fingerprint density at radius 1 is 1.20 bits per heavy atom. The van der Waals surface area contributed by atoms with Gasteiger partial charge >= 0.3 is 0 Å². The fraction of sp³-hybridized carbons (Fsp3) is 0.500. The van der Waals surface area contributed by atoms with Crippen LogP contribution in [0, 0.1) is 0 Å². The van der Waals surface area contributed by atoms with Gasteiger partial charge in [0, 0.05) is 69.9 Å². The molecule has 134 valence electrons. The van der Waals surface area contributed by atoms with Crippen LogP contribution in [0.4, 0.5) is 11.8 Å². The molecule has 0 unspecified atom stereocenters. The predicted molar refractivity (Wildman–Crippen MR) is 105 cm³/mol. The zero-order valence-electron chi connectivity index (χ0n) is 15.1. The lowest BCUT2D eigenvalue weighted by Crippen LogP contribution is -2.43. The molecule has 1 saturated heterocycles. The van der Waals surface area contributed by atoms with Gasteiger partial charge < -0.3 is 9.80 Å². The van der Waals surface area contributed by atoms with Crippen LogP contribution in [0.5, 0.6) is 0 Å². The highest BCUT2D eigenvalue weighted by atomic mass is 79.9. The molecule has 2 aromatic rings. The lowest BCUT2D eigenvalue weighted by atomic mass is 10.0. The van der Waals surface area contributed by atoms with E-state index < -0.39 is 0 Å². The molecule has 0 spiro atoms. The molecule has 0 N–H and O–H groups in total. The number of aromatic nitrogens is 3. The summed E-state index contributed by atoms with van der Waals surface area (Å²) in [6, 6.07) is 4.66. The van der Waals surface area contributed by atoms with Crippen LogP contribution in [0.25, 0.3) is 0 Å². The Bertz CT molecular complexity index is 699. The lowest BCUT2D eigenvalue weighted by molar-refractivity contribution is 0.203. The minimum Gasteiger partial charge on any atom is -0.356 e. The van der Waals surface area contributed by atoms with Crippen molar-refractivity contribution in [3.05, 3.63) is 40.8 Å². The summed E-state index contributed by atoms with van der Waals surface area (Å²) >= 11 is 3.49. The number of pyridine rings is 1. The fourth-order valence-electron chi connectivity index (χ4n) is 3.20. The van der Waals surface area contributed by atoms with Gasteiger partial charge in [0.15, 0.2) is 0 Å². The smallest absolute Gasteiger partial charge is 0.226 e. The summed E-state index contributed by atoms with van der Waals surface area (Å²) in [6.45, 7) is 3.14. The lowest BCUT2D eigenvalue weighted by Gasteiger charge is -2.37. The largest absolute Gasteiger partial charge is 0.356 e. The minimum absolute atomic E-state index is 0.516. The van der Waals surface area contributed by atoms with Gasteiger partial charge in [-0.25, -0.2) is 4.98 Å². The Balaban J connectivity index is 1.57. The molecule has 0 aliphatic carbocycles. The third-order valence-corrected chi connectivity index (χ3v) is 5.10. The van der Waals surface area contributed by atoms with Crippen molar-refractivity contribution in [2.24, 2.45) is 0 Å². The third kappa shape index (κ3) is 4.67. The summed E-state index contributed by atoms with van der Waals surface area (Å²) < 4.78 is 1.04. The van der Waals surface area contributed by atoms with Crippen LogP contribution in [0.3, 0.4) is 0 Å². The van der Waals surface area contributed by atoms with Crippen LogP contribution in [0.15, 0.2) is 35.2 Å². The number of rotatable bonds is 5. The molecule has 3 rings (SSSR count). The Morgan fingerprint density at radius 2 is 1.96 bits per heavy atom. The topological polar surface area (TPSA) is 48.4 Å². The molecular weight excluding hydrogens is 380 g/mol. The van der Waals surface area contributed by atoms with Crippen LogP contribution in [0.2, 0.25) is 0 Å². The second kappa shape index (κ2) is 8.10. The first-order chi connectivity index (χ1) is 12.0. The van der Waals surface area contributed by atoms with E-state index in [1.165, 1.54) is 5.56 Å². The second-order valence-corrected chi connectivity index (χ2v) is 7.65. The normalized spacial score (nSPS) is 16.0. The van der Waals surface area contributed by atoms with Gasteiger partial charge in [0.05, 0.1) is 0 Å². The Kier molecular flexibility index (Phi) is 5.86. The van der Waals surface area contributed by atoms with Crippen LogP contribution >= 0.6 is 15.9 Å². The zero-order valence-corrected chi connectivity index (χ0v) is 16.6. The summed E-state index contributed by atoms with van der Waals surface area (Å²) in [5.74, 6) is 1.75. The average Bonchev–Trinajstić information content (AvgIpc) is 2.62. The van der Waals surface area contributed by atoms with E-state index in [4.69, 9.17) is 0 Å². The molecule has 25 heavy (non-hydrogen) atoms. The van der Waals surface area contributed by atoms with Crippen molar-refractivity contribution < 1.29 is 0 Å². The highest BCUT2D eigenvalue weighted by Gasteiger charge is 2.23. The van der Waals surface area contributed by atoms with Crippen LogP contribution < -0.4 is 9.80 Å². The van der Waals surface area contributed by atoms with Gasteiger partial charge in [-0.05, 0) is 46.5 Å². The van der Waals surface area contributed by atoms with Gasteiger partial charge in [0.2, 0.25) is 5.95 Å². The van der Waals surface area contributed by atoms with Gasteiger partial charge in [0.25, 0.3) is 0 Å². The van der Waals surface area contributed by atoms with E-state index in [-0.39, 0.29) is 0 Å². The summed E-state index contributed by atoms with van der Waals surface area (Å²) in [6.07, 6.45) is 7.89. The van der Waals surface area contributed by atoms with E-state index in [0.717, 1.165) is 48.7 Å². The standard InChI is InChI=1S/C18H25BrN6/c1-23(2)18-21-7-4-17(22-18)24(3)16-5-8-25(9-6-16)13-14-10-15(19)12-20-11-14/h4,7,10-12,16H,5-6,8-9,13H2,1-3H3. The maximum Gasteiger partial charge on any atom is 0.226 e. The third-order valence-electron chi connectivity index (χ3n) is 4.66. The van der Waals surface area contributed by atoms with Crippen LogP contribution in [-0.2, 0) is 6.54 Å². The first-order valence-electron chi connectivity index (χ1n) is 8.58. The Hall–Kier alpha value is -1.73. The summed E-state index contributed by atoms with van der Waals surface area (Å²) in [5, 5.41) is 0. The molecule has 1 fully saturated rings. The van der Waals surface area contributed by atoms with Crippen molar-refractivity contribution in [3.8, 4) is 0 Å². The molecule has 0 aromatic carbocycles. The molecule has 0 radical (unpaired) electrons. The van der Waals surface area contributed by atoms with Gasteiger partial charge in [-0.1, -0.05) is 0 Å². The number of piperidine rings is 1. The van der Waals surface area contributed by atoms with Crippen molar-refractivity contribution in [2.45, 2.75) is 25.4 Å². The first kappa shape index (κ1) is 18.1. The zero-order chi connectivity index (χ0) is 17.8. The number of hydrogen-bond acceptors (Lipinski definition) is 6. The van der Waals surface area contributed by atoms with Crippen LogP contribution in [0.1, 0.15) is 18.4 Å². The fourth-order valence-corrected chi connectivity index (χ4v) is 3.62. The molecule has 0 atom stereocenters. The number of halogens is 1. The summed E-state index contributed by atoms with van der Waals surface area (Å²) in [7, 11) is 6.07. The molecule has 0 amide bonds. The number of likely N-dealkylation sites (tertiary alicyclic amines) is 1. The van der Waals surface area contributed by atoms with E-state index in [1.54, 1.807) is 0 Å². The molecule has 7 heteroatoms. The van der Waals surface area contributed by atoms with Crippen LogP contribution in [-0.4, -0.2) is 60.1 Å². The monoisotopic (exact) mass is 404 g/mol. The quantitative estimate of drug-likeness (QED) is 0.763. The highest BCUT2D eigenvalue weighted by molar-refractivity contribution is 9.10. The summed E-state index contributed by atoms with van der Waals surface area (Å²) in [5.41, 5.74) is 1.26. The van der Waals surface area contributed by atoms with Gasteiger partial charge in [-0.15, -0.1) is 0 Å². The van der Waals surface area contributed by atoms with E-state index in [2.05, 4.69) is 53.8 Å². The molecule has 0 bridgehead atoms. The van der Waals surface area contributed by atoms with Gasteiger partial charge in [-0.2, -0.15) is 4.98 Å². The average molecular weight is 405 g/mol. The van der Waals surface area contributed by atoms with E-state index in [1.807, 2.05) is 43.7 Å². The molecule has 2 aromatic heterocycles. The van der Waals surface area contributed by atoms with Crippen molar-refractivity contribution in [3.63, 3.8) is 0 Å². The molecule has 1 aliphatic rings. The SMILES string of the molecule is CN(C)c1nccc(N(C)C2CCN(Cc3cncc(Br)c3)CC2)n1. The number of anilines is 2. The van der Waals surface area contributed by atoms with Crippen molar-refractivity contribution >= 4 is 27.7 Å². The van der Waals surface area contributed by atoms with E-state index in [9.17, 15) is 0 Å². The molecule has 0 saturated carbocycles. The van der Waals surface area contributed by atoms with Crippen molar-refractivity contribution in [1.29, 1.82) is 0 Å². The maximum atomic E-state index is 4.66. The molecular formula is C18H25BrN6. The predicted octanol–water partition coefficient (Wildman–Crippen LogP) is 2.80. The number of nitrogens with zero attached hydrogens (tertiary/aromatic N) is 6. The Labute approximate surface area is 158 Å². The molecule has 1 aliphatic heterocycles. The maximum absolute atomic E-state index is 4.66. The minimum atomic E-state index is 0.516. The number of hydrogen-bond donors (Lipinski definition) is 0. The Morgan fingerprint density at radius 3 is 2.64 bits per heavy atom. The van der Waals surface area contributed by atoms with Gasteiger partial charge in [-0.3, -0.25) is 9.88 Å². The van der Waals surface area contributed by atoms with Crippen molar-refractivity contribution in [1.82, 2.24) is 19.9 Å². The first-order valence-corrected chi connectivity index (χ1v) is 9.37. The van der Waals surface area contributed by atoms with Gasteiger partial charge in [0.1, 0.15) is 5.82 Å². The molecule has 3 heterocycles. The van der Waals surface area contributed by atoms with E-state index in [0.29, 0.717) is 6.04 Å². The highest BCUT2D eigenvalue weighted by Crippen LogP contribution is 2.22. The molecule has 6 nitrogen and oxygen atoms in total.